The van der Waals surface area contributed by atoms with Crippen LogP contribution in [0.25, 0.3) is 0 Å². The summed E-state index contributed by atoms with van der Waals surface area (Å²) in [6.07, 6.45) is 12.8. The van der Waals surface area contributed by atoms with Gasteiger partial charge in [0.05, 0.1) is 0 Å². The summed E-state index contributed by atoms with van der Waals surface area (Å²) in [5.74, 6) is 0.521. The Morgan fingerprint density at radius 3 is 2.64 bits per heavy atom. The van der Waals surface area contributed by atoms with E-state index in [1.165, 1.54) is 38.5 Å². The number of rotatable bonds is 4. The number of carbonyl (C=O) groups excluding carboxylic acids is 1. The summed E-state index contributed by atoms with van der Waals surface area (Å²) in [7, 11) is 0. The van der Waals surface area contributed by atoms with E-state index in [2.05, 4.69) is 22.8 Å². The molecule has 3 unspecified atom stereocenters. The summed E-state index contributed by atoms with van der Waals surface area (Å²) < 4.78 is 5.33. The van der Waals surface area contributed by atoms with Crippen molar-refractivity contribution in [2.45, 2.75) is 83.4 Å². The number of allylic oxidation sites excluding steroid dienone is 1. The maximum atomic E-state index is 11.8. The average Bonchev–Trinajstić information content (AvgIpc) is 2.46. The summed E-state index contributed by atoms with van der Waals surface area (Å²) >= 11 is 0. The van der Waals surface area contributed by atoms with Gasteiger partial charge in [-0.25, -0.2) is 4.79 Å². The van der Waals surface area contributed by atoms with Gasteiger partial charge < -0.3 is 15.4 Å². The molecule has 126 valence electrons. The third kappa shape index (κ3) is 5.99. The molecule has 2 aliphatic carbocycles. The highest BCUT2D eigenvalue weighted by Crippen LogP contribution is 2.26. The zero-order chi connectivity index (χ0) is 16.0. The third-order valence-electron chi connectivity index (χ3n) is 4.54. The molecule has 2 aliphatic rings. The molecule has 0 heterocycles. The monoisotopic (exact) mass is 308 g/mol. The number of amides is 1. The average molecular weight is 308 g/mol. The third-order valence-corrected chi connectivity index (χ3v) is 4.54. The Morgan fingerprint density at radius 1 is 1.18 bits per heavy atom. The molecular formula is C18H32N2O2. The van der Waals surface area contributed by atoms with Gasteiger partial charge in [0, 0.05) is 18.6 Å². The van der Waals surface area contributed by atoms with Crippen molar-refractivity contribution in [3.8, 4) is 0 Å². The number of alkyl carbamates (subject to hydrolysis) is 1. The highest BCUT2D eigenvalue weighted by Gasteiger charge is 2.28. The Bertz CT molecular complexity index is 387. The fraction of sp³-hybridized carbons (Fsp3) is 0.833. The highest BCUT2D eigenvalue weighted by molar-refractivity contribution is 5.67. The van der Waals surface area contributed by atoms with Crippen LogP contribution in [0, 0.1) is 5.92 Å². The van der Waals surface area contributed by atoms with Gasteiger partial charge in [-0.1, -0.05) is 25.0 Å². The van der Waals surface area contributed by atoms with E-state index < -0.39 is 5.60 Å². The second-order valence-corrected chi connectivity index (χ2v) is 7.68. The van der Waals surface area contributed by atoms with Gasteiger partial charge in [-0.2, -0.15) is 0 Å². The van der Waals surface area contributed by atoms with Gasteiger partial charge in [-0.15, -0.1) is 0 Å². The molecule has 0 aromatic rings. The molecule has 0 aromatic heterocycles. The number of carbonyl (C=O) groups is 1. The molecule has 3 atom stereocenters. The van der Waals surface area contributed by atoms with Crippen LogP contribution in [-0.4, -0.2) is 30.3 Å². The second-order valence-electron chi connectivity index (χ2n) is 7.68. The van der Waals surface area contributed by atoms with Crippen LogP contribution in [0.1, 0.15) is 65.7 Å². The lowest BCUT2D eigenvalue weighted by molar-refractivity contribution is 0.0509. The van der Waals surface area contributed by atoms with E-state index in [0.717, 1.165) is 13.0 Å². The second kappa shape index (κ2) is 8.00. The molecule has 4 heteroatoms. The predicted molar refractivity (Wildman–Crippen MR) is 89.9 cm³/mol. The Hall–Kier alpha value is -1.03. The fourth-order valence-corrected chi connectivity index (χ4v) is 3.45. The standard InChI is InChI=1S/C18H32N2O2/c1-18(2,3)22-17(21)19-13-14-9-7-8-12-16(14)20-15-10-5-4-6-11-15/h4-5,14-16,20H,6-13H2,1-3H3,(H,19,21). The van der Waals surface area contributed by atoms with Crippen molar-refractivity contribution in [1.82, 2.24) is 10.6 Å². The summed E-state index contributed by atoms with van der Waals surface area (Å²) in [6.45, 7) is 6.41. The largest absolute Gasteiger partial charge is 0.444 e. The molecule has 2 rings (SSSR count). The van der Waals surface area contributed by atoms with Crippen LogP contribution < -0.4 is 10.6 Å². The van der Waals surface area contributed by atoms with Crippen LogP contribution in [0.2, 0.25) is 0 Å². The molecule has 0 radical (unpaired) electrons. The van der Waals surface area contributed by atoms with Crippen molar-refractivity contribution >= 4 is 6.09 Å². The van der Waals surface area contributed by atoms with Gasteiger partial charge >= 0.3 is 6.09 Å². The van der Waals surface area contributed by atoms with Crippen LogP contribution in [0.3, 0.4) is 0 Å². The zero-order valence-electron chi connectivity index (χ0n) is 14.4. The SMILES string of the molecule is CC(C)(C)OC(=O)NCC1CCCCC1NC1CC=CCC1. The minimum absolute atomic E-state index is 0.294. The minimum atomic E-state index is -0.428. The first-order chi connectivity index (χ1) is 10.4. The van der Waals surface area contributed by atoms with Crippen molar-refractivity contribution in [2.24, 2.45) is 5.92 Å². The van der Waals surface area contributed by atoms with E-state index in [-0.39, 0.29) is 6.09 Å². The summed E-state index contributed by atoms with van der Waals surface area (Å²) in [4.78, 5) is 11.8. The quantitative estimate of drug-likeness (QED) is 0.777. The van der Waals surface area contributed by atoms with Gasteiger partial charge in [0.25, 0.3) is 0 Å². The van der Waals surface area contributed by atoms with Gasteiger partial charge in [0.1, 0.15) is 5.60 Å². The van der Waals surface area contributed by atoms with E-state index in [1.807, 2.05) is 20.8 Å². The van der Waals surface area contributed by atoms with Crippen molar-refractivity contribution in [3.63, 3.8) is 0 Å². The summed E-state index contributed by atoms with van der Waals surface area (Å²) in [5.41, 5.74) is -0.428. The van der Waals surface area contributed by atoms with E-state index >= 15 is 0 Å². The normalized spacial score (nSPS) is 29.1. The molecule has 2 N–H and O–H groups in total. The van der Waals surface area contributed by atoms with Crippen LogP contribution in [0.4, 0.5) is 4.79 Å². The number of hydrogen-bond acceptors (Lipinski definition) is 3. The number of ether oxygens (including phenoxy) is 1. The molecule has 0 aromatic carbocycles. The first-order valence-corrected chi connectivity index (χ1v) is 8.82. The van der Waals surface area contributed by atoms with Crippen molar-refractivity contribution in [2.75, 3.05) is 6.54 Å². The van der Waals surface area contributed by atoms with E-state index in [4.69, 9.17) is 4.74 Å². The lowest BCUT2D eigenvalue weighted by Crippen LogP contribution is -2.48. The van der Waals surface area contributed by atoms with Crippen molar-refractivity contribution in [1.29, 1.82) is 0 Å². The molecule has 0 bridgehead atoms. The van der Waals surface area contributed by atoms with Crippen LogP contribution in [-0.2, 0) is 4.74 Å². The van der Waals surface area contributed by atoms with Crippen molar-refractivity contribution in [3.05, 3.63) is 12.2 Å². The van der Waals surface area contributed by atoms with Gasteiger partial charge in [0.2, 0.25) is 0 Å². The predicted octanol–water partition coefficient (Wildman–Crippen LogP) is 3.77. The lowest BCUT2D eigenvalue weighted by atomic mass is 9.83. The first kappa shape index (κ1) is 17.3. The molecule has 1 fully saturated rings. The van der Waals surface area contributed by atoms with Crippen LogP contribution in [0.5, 0.6) is 0 Å². The van der Waals surface area contributed by atoms with Gasteiger partial charge in [-0.3, -0.25) is 0 Å². The Labute approximate surface area is 135 Å². The molecule has 1 saturated carbocycles. The van der Waals surface area contributed by atoms with Crippen molar-refractivity contribution < 1.29 is 9.53 Å². The Kier molecular flexibility index (Phi) is 6.30. The smallest absolute Gasteiger partial charge is 0.407 e. The van der Waals surface area contributed by atoms with Crippen LogP contribution in [0.15, 0.2) is 12.2 Å². The first-order valence-electron chi connectivity index (χ1n) is 8.82. The zero-order valence-corrected chi connectivity index (χ0v) is 14.4. The van der Waals surface area contributed by atoms with Gasteiger partial charge in [-0.05, 0) is 58.8 Å². The fourth-order valence-electron chi connectivity index (χ4n) is 3.45. The lowest BCUT2D eigenvalue weighted by Gasteiger charge is -2.36. The minimum Gasteiger partial charge on any atom is -0.444 e. The molecule has 0 saturated heterocycles. The maximum Gasteiger partial charge on any atom is 0.407 e. The number of nitrogens with one attached hydrogen (secondary N) is 2. The maximum absolute atomic E-state index is 11.8. The highest BCUT2D eigenvalue weighted by atomic mass is 16.6. The Morgan fingerprint density at radius 2 is 1.95 bits per heavy atom. The summed E-state index contributed by atoms with van der Waals surface area (Å²) in [5, 5.41) is 6.80. The molecule has 4 nitrogen and oxygen atoms in total. The molecule has 1 amide bonds. The molecular weight excluding hydrogens is 276 g/mol. The molecule has 22 heavy (non-hydrogen) atoms. The van der Waals surface area contributed by atoms with E-state index in [1.54, 1.807) is 0 Å². The topological polar surface area (TPSA) is 50.4 Å². The van der Waals surface area contributed by atoms with E-state index in [9.17, 15) is 4.79 Å². The summed E-state index contributed by atoms with van der Waals surface area (Å²) in [6, 6.07) is 1.14. The Balaban J connectivity index is 1.79. The molecule has 0 aliphatic heterocycles. The van der Waals surface area contributed by atoms with Gasteiger partial charge in [0.15, 0.2) is 0 Å². The van der Waals surface area contributed by atoms with Crippen LogP contribution >= 0.6 is 0 Å². The van der Waals surface area contributed by atoms with E-state index in [0.29, 0.717) is 18.0 Å². The molecule has 0 spiro atoms. The number of hydrogen-bond donors (Lipinski definition) is 2.